The predicted octanol–water partition coefficient (Wildman–Crippen LogP) is 6.40. The highest BCUT2D eigenvalue weighted by Gasteiger charge is 2.20. The number of ether oxygens (including phenoxy) is 5. The van der Waals surface area contributed by atoms with Gasteiger partial charge in [0, 0.05) is 49.6 Å². The van der Waals surface area contributed by atoms with E-state index in [-0.39, 0.29) is 18.5 Å². The van der Waals surface area contributed by atoms with Crippen LogP contribution in [0.2, 0.25) is 5.02 Å². The van der Waals surface area contributed by atoms with E-state index >= 15 is 0 Å². The maximum Gasteiger partial charge on any atom is 0.163 e. The van der Waals surface area contributed by atoms with Crippen LogP contribution in [0.15, 0.2) is 60.9 Å². The minimum atomic E-state index is -0.308. The van der Waals surface area contributed by atoms with Crippen LogP contribution in [-0.2, 0) is 16.1 Å². The van der Waals surface area contributed by atoms with Crippen molar-refractivity contribution in [1.82, 2.24) is 14.9 Å². The molecule has 3 aromatic carbocycles. The minimum absolute atomic E-state index is 0.0386. The Morgan fingerprint density at radius 3 is 2.57 bits per heavy atom. The molecule has 1 N–H and O–H groups in total. The summed E-state index contributed by atoms with van der Waals surface area (Å²) in [7, 11) is 0. The molecule has 2 aliphatic rings. The fraction of sp³-hybridized carbons (Fsp3) is 0.394. The third-order valence-corrected chi connectivity index (χ3v) is 7.92. The fourth-order valence-corrected chi connectivity index (χ4v) is 5.49. The fourth-order valence-electron chi connectivity index (χ4n) is 5.26. The normalized spacial score (nSPS) is 16.1. The van der Waals surface area contributed by atoms with E-state index in [0.717, 1.165) is 74.3 Å². The third-order valence-electron chi connectivity index (χ3n) is 7.62. The van der Waals surface area contributed by atoms with E-state index < -0.39 is 0 Å². The van der Waals surface area contributed by atoms with Crippen molar-refractivity contribution < 1.29 is 28.1 Å². The Morgan fingerprint density at radius 2 is 1.75 bits per heavy atom. The first-order valence-corrected chi connectivity index (χ1v) is 15.4. The molecule has 0 aliphatic carbocycles. The van der Waals surface area contributed by atoms with Gasteiger partial charge >= 0.3 is 0 Å². The summed E-state index contributed by atoms with van der Waals surface area (Å²) in [6.07, 6.45) is 4.09. The zero-order valence-corrected chi connectivity index (χ0v) is 25.2. The van der Waals surface area contributed by atoms with Crippen molar-refractivity contribution in [3.05, 3.63) is 77.3 Å². The van der Waals surface area contributed by atoms with Gasteiger partial charge in [-0.1, -0.05) is 23.7 Å². The van der Waals surface area contributed by atoms with Gasteiger partial charge in [0.1, 0.15) is 36.4 Å². The molecule has 2 saturated heterocycles. The van der Waals surface area contributed by atoms with E-state index in [4.69, 9.17) is 35.3 Å². The van der Waals surface area contributed by atoms with Gasteiger partial charge < -0.3 is 29.0 Å². The van der Waals surface area contributed by atoms with Crippen LogP contribution in [0.3, 0.4) is 0 Å². The predicted molar refractivity (Wildman–Crippen MR) is 167 cm³/mol. The Labute approximate surface area is 261 Å². The third kappa shape index (κ3) is 8.06. The standard InChI is InChI=1S/C33H36ClFN4O5/c34-28-18-25(5-6-30(28)43-21-23-3-1-4-24(35)17-23)38-33-27-19-32(44-26-7-13-40-14-8-26)31(20-29(27)36-22-37-33)42-12-2-9-39-10-15-41-16-11-39/h1,3-6,17-20,22,26H,2,7-16,21H2,(H,36,37,38). The summed E-state index contributed by atoms with van der Waals surface area (Å²) in [6.45, 7) is 6.55. The van der Waals surface area contributed by atoms with Crippen molar-refractivity contribution in [2.75, 3.05) is 58.0 Å². The molecule has 0 bridgehead atoms. The molecule has 0 amide bonds. The lowest BCUT2D eigenvalue weighted by Gasteiger charge is -2.27. The first kappa shape index (κ1) is 30.3. The molecule has 0 atom stereocenters. The summed E-state index contributed by atoms with van der Waals surface area (Å²) >= 11 is 6.55. The Kier molecular flexibility index (Phi) is 10.2. The van der Waals surface area contributed by atoms with E-state index in [9.17, 15) is 4.39 Å². The number of fused-ring (bicyclic) bond motifs is 1. The molecule has 6 rings (SSSR count). The molecule has 0 radical (unpaired) electrons. The summed E-state index contributed by atoms with van der Waals surface area (Å²) in [4.78, 5) is 11.4. The van der Waals surface area contributed by atoms with Gasteiger partial charge in [-0.15, -0.1) is 0 Å². The number of rotatable bonds is 12. The summed E-state index contributed by atoms with van der Waals surface area (Å²) in [5.74, 6) is 2.12. The van der Waals surface area contributed by atoms with Crippen LogP contribution in [0.5, 0.6) is 17.2 Å². The van der Waals surface area contributed by atoms with Crippen LogP contribution in [0.25, 0.3) is 10.9 Å². The first-order valence-electron chi connectivity index (χ1n) is 15.0. The lowest BCUT2D eigenvalue weighted by molar-refractivity contribution is 0.0240. The van der Waals surface area contributed by atoms with Crippen molar-refractivity contribution in [2.45, 2.75) is 32.0 Å². The quantitative estimate of drug-likeness (QED) is 0.180. The lowest BCUT2D eigenvalue weighted by Crippen LogP contribution is -2.37. The van der Waals surface area contributed by atoms with Crippen LogP contribution >= 0.6 is 11.6 Å². The lowest BCUT2D eigenvalue weighted by atomic mass is 10.1. The van der Waals surface area contributed by atoms with Crippen molar-refractivity contribution in [3.8, 4) is 17.2 Å². The molecule has 2 fully saturated rings. The number of hydrogen-bond donors (Lipinski definition) is 1. The highest BCUT2D eigenvalue weighted by Crippen LogP contribution is 2.37. The van der Waals surface area contributed by atoms with Crippen LogP contribution in [-0.4, -0.2) is 73.6 Å². The highest BCUT2D eigenvalue weighted by molar-refractivity contribution is 6.32. The second-order valence-electron chi connectivity index (χ2n) is 10.8. The largest absolute Gasteiger partial charge is 0.490 e. The Balaban J connectivity index is 1.18. The number of morpholine rings is 1. The second-order valence-corrected chi connectivity index (χ2v) is 11.2. The molecule has 0 spiro atoms. The molecule has 2 aliphatic heterocycles. The van der Waals surface area contributed by atoms with E-state index in [1.54, 1.807) is 24.3 Å². The number of nitrogens with one attached hydrogen (secondary N) is 1. The number of anilines is 2. The van der Waals surface area contributed by atoms with Crippen molar-refractivity contribution in [1.29, 1.82) is 0 Å². The second kappa shape index (κ2) is 14.9. The van der Waals surface area contributed by atoms with Crippen molar-refractivity contribution in [2.24, 2.45) is 0 Å². The molecule has 232 valence electrons. The Bertz CT molecular complexity index is 1550. The molecule has 11 heteroatoms. The Hall–Kier alpha value is -3.70. The van der Waals surface area contributed by atoms with E-state index in [2.05, 4.69) is 20.2 Å². The maximum atomic E-state index is 13.5. The Morgan fingerprint density at radius 1 is 0.909 bits per heavy atom. The van der Waals surface area contributed by atoms with Gasteiger partial charge in [-0.3, -0.25) is 4.90 Å². The number of benzene rings is 3. The molecule has 1 aromatic heterocycles. The molecule has 3 heterocycles. The monoisotopic (exact) mass is 622 g/mol. The average molecular weight is 623 g/mol. The smallest absolute Gasteiger partial charge is 0.163 e. The van der Waals surface area contributed by atoms with Gasteiger partial charge in [0.25, 0.3) is 0 Å². The van der Waals surface area contributed by atoms with Crippen LogP contribution in [0, 0.1) is 5.82 Å². The van der Waals surface area contributed by atoms with Gasteiger partial charge in [-0.25, -0.2) is 14.4 Å². The van der Waals surface area contributed by atoms with Gasteiger partial charge in [0.2, 0.25) is 0 Å². The molecule has 0 unspecified atom stereocenters. The highest BCUT2D eigenvalue weighted by atomic mass is 35.5. The summed E-state index contributed by atoms with van der Waals surface area (Å²) in [6, 6.07) is 15.5. The topological polar surface area (TPSA) is 87.2 Å². The minimum Gasteiger partial charge on any atom is -0.490 e. The summed E-state index contributed by atoms with van der Waals surface area (Å²) in [5.41, 5.74) is 2.17. The van der Waals surface area contributed by atoms with Crippen molar-refractivity contribution in [3.63, 3.8) is 0 Å². The molecule has 4 aromatic rings. The van der Waals surface area contributed by atoms with Crippen molar-refractivity contribution >= 4 is 34.0 Å². The number of nitrogens with zero attached hydrogens (tertiary/aromatic N) is 3. The SMILES string of the molecule is Fc1cccc(COc2ccc(Nc3ncnc4cc(OCCCN5CCOCC5)c(OC5CCOCC5)cc34)cc2Cl)c1. The van der Waals surface area contributed by atoms with Gasteiger partial charge in [-0.2, -0.15) is 0 Å². The van der Waals surface area contributed by atoms with Gasteiger partial charge in [0.15, 0.2) is 11.5 Å². The van der Waals surface area contributed by atoms with E-state index in [1.807, 2.05) is 18.2 Å². The van der Waals surface area contributed by atoms with Crippen LogP contribution < -0.4 is 19.5 Å². The molecule has 0 saturated carbocycles. The zero-order valence-electron chi connectivity index (χ0n) is 24.5. The van der Waals surface area contributed by atoms with E-state index in [1.165, 1.54) is 18.5 Å². The van der Waals surface area contributed by atoms with Crippen LogP contribution in [0.4, 0.5) is 15.9 Å². The number of halogens is 2. The van der Waals surface area contributed by atoms with Crippen LogP contribution in [0.1, 0.15) is 24.8 Å². The maximum absolute atomic E-state index is 13.5. The molecule has 44 heavy (non-hydrogen) atoms. The molecule has 9 nitrogen and oxygen atoms in total. The average Bonchev–Trinajstić information content (AvgIpc) is 3.04. The summed E-state index contributed by atoms with van der Waals surface area (Å²) in [5, 5.41) is 4.57. The van der Waals surface area contributed by atoms with Gasteiger partial charge in [-0.05, 0) is 48.4 Å². The first-order chi connectivity index (χ1) is 21.6. The summed E-state index contributed by atoms with van der Waals surface area (Å²) < 4.78 is 43.1. The van der Waals surface area contributed by atoms with Gasteiger partial charge in [0.05, 0.1) is 43.6 Å². The van der Waals surface area contributed by atoms with E-state index in [0.29, 0.717) is 47.9 Å². The molecular weight excluding hydrogens is 587 g/mol. The number of hydrogen-bond acceptors (Lipinski definition) is 9. The zero-order chi connectivity index (χ0) is 30.1. The number of aromatic nitrogens is 2. The molecular formula is C33H36ClFN4O5.